The molecule has 0 amide bonds. The van der Waals surface area contributed by atoms with Crippen LogP contribution in [-0.2, 0) is 4.74 Å². The Balaban J connectivity index is 2.44. The van der Waals surface area contributed by atoms with Gasteiger partial charge in [0, 0.05) is 11.6 Å². The summed E-state index contributed by atoms with van der Waals surface area (Å²) in [6.45, 7) is 2.10. The van der Waals surface area contributed by atoms with Crippen LogP contribution in [0.15, 0.2) is 24.4 Å². The van der Waals surface area contributed by atoms with Crippen LogP contribution < -0.4 is 0 Å². The van der Waals surface area contributed by atoms with Crippen molar-refractivity contribution in [2.24, 2.45) is 0 Å². The lowest BCUT2D eigenvalue weighted by Gasteiger charge is -2.02. The van der Waals surface area contributed by atoms with Crippen molar-refractivity contribution in [2.45, 2.75) is 6.92 Å². The summed E-state index contributed by atoms with van der Waals surface area (Å²) in [5, 5.41) is 1.14. The van der Waals surface area contributed by atoms with Crippen LogP contribution in [0, 0.1) is 0 Å². The number of esters is 1. The van der Waals surface area contributed by atoms with E-state index in [9.17, 15) is 4.79 Å². The van der Waals surface area contributed by atoms with Gasteiger partial charge in [0.05, 0.1) is 12.2 Å². The summed E-state index contributed by atoms with van der Waals surface area (Å²) in [6, 6.07) is 5.10. The zero-order valence-corrected chi connectivity index (χ0v) is 9.36. The normalized spacial score (nSPS) is 10.4. The molecule has 0 saturated heterocycles. The number of nitrogens with zero attached hydrogens (tertiary/aromatic N) is 2. The number of aromatic nitrogens is 2. The van der Waals surface area contributed by atoms with Crippen molar-refractivity contribution in [2.75, 3.05) is 6.61 Å². The smallest absolute Gasteiger partial charge is 0.339 e. The maximum Gasteiger partial charge on any atom is 0.339 e. The number of halogens is 1. The lowest BCUT2D eigenvalue weighted by molar-refractivity contribution is 0.0526. The summed E-state index contributed by atoms with van der Waals surface area (Å²) in [6.07, 6.45) is 1.43. The standard InChI is InChI=1S/C11H9ClN2O2/c1-2-16-11(15)8-5-7-3-4-9(12)14-10(7)13-6-8/h3-6H,2H2,1H3. The van der Waals surface area contributed by atoms with Crippen LogP contribution in [0.2, 0.25) is 5.15 Å². The fourth-order valence-electron chi connectivity index (χ4n) is 1.31. The van der Waals surface area contributed by atoms with Crippen LogP contribution in [0.5, 0.6) is 0 Å². The van der Waals surface area contributed by atoms with E-state index in [1.807, 2.05) is 0 Å². The molecule has 2 aromatic rings. The maximum atomic E-state index is 11.4. The Morgan fingerprint density at radius 3 is 3.06 bits per heavy atom. The van der Waals surface area contributed by atoms with Gasteiger partial charge >= 0.3 is 5.97 Å². The molecule has 0 aliphatic heterocycles. The van der Waals surface area contributed by atoms with E-state index in [4.69, 9.17) is 16.3 Å². The summed E-state index contributed by atoms with van der Waals surface area (Å²) in [4.78, 5) is 19.5. The molecule has 2 rings (SSSR count). The Labute approximate surface area is 97.2 Å². The third-order valence-corrected chi connectivity index (χ3v) is 2.23. The molecule has 0 radical (unpaired) electrons. The second-order valence-corrected chi connectivity index (χ2v) is 3.51. The highest BCUT2D eigenvalue weighted by atomic mass is 35.5. The largest absolute Gasteiger partial charge is 0.462 e. The van der Waals surface area contributed by atoms with Gasteiger partial charge < -0.3 is 4.74 Å². The zero-order chi connectivity index (χ0) is 11.5. The van der Waals surface area contributed by atoms with Crippen LogP contribution in [0.1, 0.15) is 17.3 Å². The number of rotatable bonds is 2. The van der Waals surface area contributed by atoms with Gasteiger partial charge in [-0.2, -0.15) is 0 Å². The lowest BCUT2D eigenvalue weighted by Crippen LogP contribution is -2.05. The van der Waals surface area contributed by atoms with Crippen molar-refractivity contribution in [1.29, 1.82) is 0 Å². The summed E-state index contributed by atoms with van der Waals surface area (Å²) >= 11 is 5.73. The van der Waals surface area contributed by atoms with Crippen LogP contribution in [0.25, 0.3) is 11.0 Å². The van der Waals surface area contributed by atoms with Gasteiger partial charge in [0.25, 0.3) is 0 Å². The molecule has 0 N–H and O–H groups in total. The van der Waals surface area contributed by atoms with Crippen LogP contribution in [0.4, 0.5) is 0 Å². The van der Waals surface area contributed by atoms with Crippen LogP contribution >= 0.6 is 11.6 Å². The summed E-state index contributed by atoms with van der Waals surface area (Å²) in [7, 11) is 0. The van der Waals surface area contributed by atoms with Crippen molar-refractivity contribution in [1.82, 2.24) is 9.97 Å². The Bertz CT molecular complexity index is 542. The van der Waals surface area contributed by atoms with Crippen molar-refractivity contribution in [3.63, 3.8) is 0 Å². The SMILES string of the molecule is CCOC(=O)c1cnc2nc(Cl)ccc2c1. The minimum absolute atomic E-state index is 0.343. The van der Waals surface area contributed by atoms with Crippen LogP contribution in [0.3, 0.4) is 0 Å². The molecule has 0 aliphatic carbocycles. The lowest BCUT2D eigenvalue weighted by atomic mass is 10.2. The Morgan fingerprint density at radius 2 is 2.31 bits per heavy atom. The van der Waals surface area contributed by atoms with Crippen molar-refractivity contribution in [3.05, 3.63) is 35.1 Å². The highest BCUT2D eigenvalue weighted by molar-refractivity contribution is 6.29. The molecule has 4 nitrogen and oxygen atoms in total. The van der Waals surface area contributed by atoms with Gasteiger partial charge in [0.1, 0.15) is 5.15 Å². The van der Waals surface area contributed by atoms with E-state index in [0.717, 1.165) is 5.39 Å². The number of hydrogen-bond donors (Lipinski definition) is 0. The van der Waals surface area contributed by atoms with Gasteiger partial charge in [-0.05, 0) is 25.1 Å². The van der Waals surface area contributed by atoms with E-state index >= 15 is 0 Å². The first-order valence-electron chi connectivity index (χ1n) is 4.80. The second-order valence-electron chi connectivity index (χ2n) is 3.13. The molecule has 2 aromatic heterocycles. The van der Waals surface area contributed by atoms with Crippen molar-refractivity contribution >= 4 is 28.6 Å². The van der Waals surface area contributed by atoms with Gasteiger partial charge in [0.2, 0.25) is 0 Å². The first-order chi connectivity index (χ1) is 7.70. The first kappa shape index (κ1) is 10.8. The Morgan fingerprint density at radius 1 is 1.50 bits per heavy atom. The van der Waals surface area contributed by atoms with E-state index < -0.39 is 0 Å². The first-order valence-corrected chi connectivity index (χ1v) is 5.18. The fraction of sp³-hybridized carbons (Fsp3) is 0.182. The minimum Gasteiger partial charge on any atom is -0.462 e. The number of pyridine rings is 2. The molecule has 0 aromatic carbocycles. The Kier molecular flexibility index (Phi) is 3.01. The number of hydrogen-bond acceptors (Lipinski definition) is 4. The molecule has 16 heavy (non-hydrogen) atoms. The van der Waals surface area contributed by atoms with E-state index in [2.05, 4.69) is 9.97 Å². The summed E-state index contributed by atoms with van der Waals surface area (Å²) in [5.41, 5.74) is 0.930. The monoisotopic (exact) mass is 236 g/mol. The second kappa shape index (κ2) is 4.45. The molecule has 0 spiro atoms. The molecule has 0 unspecified atom stereocenters. The highest BCUT2D eigenvalue weighted by Crippen LogP contribution is 2.15. The predicted molar refractivity (Wildman–Crippen MR) is 60.5 cm³/mol. The summed E-state index contributed by atoms with van der Waals surface area (Å²) in [5.74, 6) is -0.383. The van der Waals surface area contributed by atoms with Crippen LogP contribution in [-0.4, -0.2) is 22.5 Å². The van der Waals surface area contributed by atoms with E-state index in [1.165, 1.54) is 6.20 Å². The highest BCUT2D eigenvalue weighted by Gasteiger charge is 2.08. The molecule has 0 bridgehead atoms. The van der Waals surface area contributed by atoms with Gasteiger partial charge in [-0.3, -0.25) is 0 Å². The molecular formula is C11H9ClN2O2. The molecule has 0 saturated carbocycles. The van der Waals surface area contributed by atoms with Gasteiger partial charge in [-0.1, -0.05) is 11.6 Å². The predicted octanol–water partition coefficient (Wildman–Crippen LogP) is 2.46. The number of carbonyl (C=O) groups is 1. The number of carbonyl (C=O) groups excluding carboxylic acids is 1. The number of fused-ring (bicyclic) bond motifs is 1. The third kappa shape index (κ3) is 2.12. The quantitative estimate of drug-likeness (QED) is 0.594. The molecule has 0 atom stereocenters. The zero-order valence-electron chi connectivity index (χ0n) is 8.61. The maximum absolute atomic E-state index is 11.4. The van der Waals surface area contributed by atoms with E-state index in [1.54, 1.807) is 25.1 Å². The third-order valence-electron chi connectivity index (χ3n) is 2.02. The molecule has 0 aliphatic rings. The molecular weight excluding hydrogens is 228 g/mol. The van der Waals surface area contributed by atoms with Gasteiger partial charge in [0.15, 0.2) is 5.65 Å². The minimum atomic E-state index is -0.383. The molecule has 0 fully saturated rings. The average molecular weight is 237 g/mol. The van der Waals surface area contributed by atoms with Gasteiger partial charge in [-0.25, -0.2) is 14.8 Å². The number of ether oxygens (including phenoxy) is 1. The fourth-order valence-corrected chi connectivity index (χ4v) is 1.46. The van der Waals surface area contributed by atoms with Gasteiger partial charge in [-0.15, -0.1) is 0 Å². The molecule has 5 heteroatoms. The van der Waals surface area contributed by atoms with E-state index in [-0.39, 0.29) is 5.97 Å². The van der Waals surface area contributed by atoms with E-state index in [0.29, 0.717) is 23.0 Å². The van der Waals surface area contributed by atoms with Crippen molar-refractivity contribution in [3.8, 4) is 0 Å². The topological polar surface area (TPSA) is 52.1 Å². The molecule has 2 heterocycles. The Hall–Kier alpha value is -1.68. The van der Waals surface area contributed by atoms with Crippen molar-refractivity contribution < 1.29 is 9.53 Å². The average Bonchev–Trinajstić information content (AvgIpc) is 2.28. The summed E-state index contributed by atoms with van der Waals surface area (Å²) < 4.78 is 4.88. The molecule has 82 valence electrons.